The first kappa shape index (κ1) is 12.4. The van der Waals surface area contributed by atoms with Gasteiger partial charge in [-0.2, -0.15) is 0 Å². The van der Waals surface area contributed by atoms with Crippen molar-refractivity contribution in [2.75, 3.05) is 13.1 Å². The summed E-state index contributed by atoms with van der Waals surface area (Å²) in [6, 6.07) is 2.15. The van der Waals surface area contributed by atoms with Crippen molar-refractivity contribution in [2.45, 2.75) is 25.7 Å². The zero-order chi connectivity index (χ0) is 14.6. The number of amides is 1. The fraction of sp³-hybridized carbons (Fsp3) is 0.375. The number of aryl methyl sites for hydroxylation is 1. The van der Waals surface area contributed by atoms with E-state index in [2.05, 4.69) is 10.6 Å². The van der Waals surface area contributed by atoms with E-state index in [4.69, 9.17) is 16.2 Å². The summed E-state index contributed by atoms with van der Waals surface area (Å²) in [5.41, 5.74) is 14.1. The van der Waals surface area contributed by atoms with Crippen molar-refractivity contribution in [3.05, 3.63) is 39.2 Å². The molecule has 1 aromatic carbocycles. The molecule has 0 saturated heterocycles. The third-order valence-corrected chi connectivity index (χ3v) is 4.50. The Balaban J connectivity index is 2.05. The van der Waals surface area contributed by atoms with E-state index in [-0.39, 0.29) is 5.76 Å². The number of allylic oxidation sites excluding steroid dienone is 1. The van der Waals surface area contributed by atoms with E-state index in [9.17, 15) is 4.79 Å². The second kappa shape index (κ2) is 4.35. The van der Waals surface area contributed by atoms with Crippen molar-refractivity contribution in [3.8, 4) is 5.75 Å². The van der Waals surface area contributed by atoms with Crippen molar-refractivity contribution in [1.29, 1.82) is 0 Å². The zero-order valence-electron chi connectivity index (χ0n) is 11.8. The van der Waals surface area contributed by atoms with Gasteiger partial charge in [0.15, 0.2) is 0 Å². The molecule has 5 nitrogen and oxygen atoms in total. The minimum Gasteiger partial charge on any atom is -0.448 e. The monoisotopic (exact) mass is 284 g/mol. The van der Waals surface area contributed by atoms with Crippen molar-refractivity contribution in [2.24, 2.45) is 11.5 Å². The Morgan fingerprint density at radius 3 is 2.76 bits per heavy atom. The molecular weight excluding hydrogens is 266 g/mol. The van der Waals surface area contributed by atoms with Gasteiger partial charge in [-0.15, -0.1) is 0 Å². The third-order valence-electron chi connectivity index (χ3n) is 4.50. The summed E-state index contributed by atoms with van der Waals surface area (Å²) < 4.78 is 8.24. The summed E-state index contributed by atoms with van der Waals surface area (Å²) in [7, 11) is 0. The summed E-state index contributed by atoms with van der Waals surface area (Å²) in [5.74, 6) is 0.210. The lowest BCUT2D eigenvalue weighted by Gasteiger charge is -2.23. The molecule has 4 rings (SSSR count). The van der Waals surface area contributed by atoms with Gasteiger partial charge < -0.3 is 16.2 Å². The van der Waals surface area contributed by atoms with Crippen LogP contribution >= 0.6 is 0 Å². The van der Waals surface area contributed by atoms with Crippen LogP contribution in [0, 0.1) is 0 Å². The van der Waals surface area contributed by atoms with E-state index in [1.165, 1.54) is 22.9 Å². The summed E-state index contributed by atoms with van der Waals surface area (Å²) in [4.78, 5) is 11.5. The fourth-order valence-corrected chi connectivity index (χ4v) is 3.67. The number of carbonyl (C=O) groups excluding carboxylic acids is 1. The standard InChI is InChI=1S/C16H17N3O2/c17-12-8-10-7-9-3-1-5-19-6-2-4-11(13(9)19)14(10)21-15(12)16(18)20/h7-8H,1-6H2,(H3-,17,18,20)/p+1. The Bertz CT molecular complexity index is 817. The van der Waals surface area contributed by atoms with Crippen LogP contribution in [0.2, 0.25) is 0 Å². The molecule has 0 aromatic heterocycles. The quantitative estimate of drug-likeness (QED) is 0.642. The molecule has 1 aromatic rings. The largest absolute Gasteiger partial charge is 0.448 e. The predicted octanol–water partition coefficient (Wildman–Crippen LogP) is -1.10. The Hall–Kier alpha value is -2.30. The van der Waals surface area contributed by atoms with Gasteiger partial charge >= 0.3 is 0 Å². The van der Waals surface area contributed by atoms with Crippen LogP contribution in [0.25, 0.3) is 6.08 Å². The first-order chi connectivity index (χ1) is 10.1. The number of primary amides is 1. The summed E-state index contributed by atoms with van der Waals surface area (Å²) in [6.07, 6.45) is 6.17. The number of nitrogens with two attached hydrogens (primary N) is 2. The molecule has 108 valence electrons. The van der Waals surface area contributed by atoms with Gasteiger partial charge in [0, 0.05) is 23.6 Å². The molecule has 0 atom stereocenters. The zero-order valence-corrected chi connectivity index (χ0v) is 11.8. The molecule has 21 heavy (non-hydrogen) atoms. The molecule has 0 fully saturated rings. The smallest absolute Gasteiger partial charge is 0.286 e. The molecule has 1 amide bonds. The summed E-state index contributed by atoms with van der Waals surface area (Å²) in [6.45, 7) is 2.20. The van der Waals surface area contributed by atoms with Crippen molar-refractivity contribution in [1.82, 2.24) is 4.58 Å². The first-order valence-corrected chi connectivity index (χ1v) is 7.41. The van der Waals surface area contributed by atoms with Crippen LogP contribution < -0.4 is 31.4 Å². The van der Waals surface area contributed by atoms with Crippen molar-refractivity contribution < 1.29 is 9.53 Å². The molecule has 0 spiro atoms. The molecule has 3 heterocycles. The minimum absolute atomic E-state index is 0.0617. The maximum Gasteiger partial charge on any atom is 0.286 e. The Morgan fingerprint density at radius 2 is 2.00 bits per heavy atom. The van der Waals surface area contributed by atoms with Gasteiger partial charge in [0.05, 0.1) is 11.3 Å². The SMILES string of the molecule is NC(=O)C1=C(N)C=c2cc3c4c(c2O1)CCC[N+]=4CCC3. The molecule has 5 heteroatoms. The van der Waals surface area contributed by atoms with Crippen LogP contribution in [0.5, 0.6) is 5.75 Å². The molecule has 0 aliphatic carbocycles. The molecule has 0 unspecified atom stereocenters. The second-order valence-corrected chi connectivity index (χ2v) is 5.87. The number of carbonyl (C=O) groups is 1. The van der Waals surface area contributed by atoms with Gasteiger partial charge in [0.25, 0.3) is 5.91 Å². The van der Waals surface area contributed by atoms with Crippen LogP contribution in [-0.2, 0) is 17.6 Å². The average molecular weight is 284 g/mol. The first-order valence-electron chi connectivity index (χ1n) is 7.41. The third kappa shape index (κ3) is 1.77. The van der Waals surface area contributed by atoms with Crippen LogP contribution in [0.1, 0.15) is 24.0 Å². The van der Waals surface area contributed by atoms with Crippen molar-refractivity contribution in [3.63, 3.8) is 0 Å². The average Bonchev–Trinajstić information content (AvgIpc) is 2.47. The highest BCUT2D eigenvalue weighted by Crippen LogP contribution is 2.23. The lowest BCUT2D eigenvalue weighted by Crippen LogP contribution is -2.45. The summed E-state index contributed by atoms with van der Waals surface area (Å²) in [5, 5.41) is 2.28. The highest BCUT2D eigenvalue weighted by atomic mass is 16.5. The Kier molecular flexibility index (Phi) is 2.58. The van der Waals surface area contributed by atoms with E-state index in [1.807, 2.05) is 6.08 Å². The highest BCUT2D eigenvalue weighted by Gasteiger charge is 2.29. The van der Waals surface area contributed by atoms with Crippen LogP contribution in [-0.4, -0.2) is 19.0 Å². The number of rotatable bonds is 1. The van der Waals surface area contributed by atoms with E-state index in [0.29, 0.717) is 5.70 Å². The van der Waals surface area contributed by atoms with Crippen LogP contribution in [0.4, 0.5) is 0 Å². The Labute approximate surface area is 122 Å². The number of nitrogens with zero attached hydrogens (tertiary/aromatic N) is 1. The predicted molar refractivity (Wildman–Crippen MR) is 78.8 cm³/mol. The number of hydrogen-bond acceptors (Lipinski definition) is 3. The lowest BCUT2D eigenvalue weighted by atomic mass is 9.93. The Morgan fingerprint density at radius 1 is 1.24 bits per heavy atom. The maximum atomic E-state index is 11.5. The molecule has 3 aliphatic rings. The number of ether oxygens (including phenoxy) is 1. The topological polar surface area (TPSA) is 81.4 Å². The van der Waals surface area contributed by atoms with E-state index >= 15 is 0 Å². The van der Waals surface area contributed by atoms with Gasteiger partial charge in [0.1, 0.15) is 18.8 Å². The van der Waals surface area contributed by atoms with E-state index in [1.54, 1.807) is 0 Å². The van der Waals surface area contributed by atoms with Crippen LogP contribution in [0.3, 0.4) is 0 Å². The maximum absolute atomic E-state index is 11.5. The van der Waals surface area contributed by atoms with Gasteiger partial charge in [-0.3, -0.25) is 4.79 Å². The van der Waals surface area contributed by atoms with Crippen molar-refractivity contribution >= 4 is 12.0 Å². The van der Waals surface area contributed by atoms with Crippen LogP contribution in [0.15, 0.2) is 17.5 Å². The molecule has 0 bridgehead atoms. The van der Waals surface area contributed by atoms with Gasteiger partial charge in [-0.25, -0.2) is 4.58 Å². The normalized spacial score (nSPS) is 19.3. The van der Waals surface area contributed by atoms with Gasteiger partial charge in [0.2, 0.25) is 11.1 Å². The van der Waals surface area contributed by atoms with E-state index in [0.717, 1.165) is 43.3 Å². The summed E-state index contributed by atoms with van der Waals surface area (Å²) >= 11 is 0. The van der Waals surface area contributed by atoms with E-state index < -0.39 is 5.91 Å². The molecule has 0 radical (unpaired) electrons. The van der Waals surface area contributed by atoms with Gasteiger partial charge in [-0.05, 0) is 25.0 Å². The number of hydrogen-bond donors (Lipinski definition) is 2. The molecular formula is C16H18N3O2+. The lowest BCUT2D eigenvalue weighted by molar-refractivity contribution is -0.116. The minimum atomic E-state index is -0.619. The highest BCUT2D eigenvalue weighted by molar-refractivity contribution is 5.93. The number of benzene rings is 1. The molecule has 4 N–H and O–H groups in total. The molecule has 0 saturated carbocycles. The fourth-order valence-electron chi connectivity index (χ4n) is 3.67. The number of fused-ring (bicyclic) bond motifs is 2. The second-order valence-electron chi connectivity index (χ2n) is 5.87. The molecule has 3 aliphatic heterocycles. The van der Waals surface area contributed by atoms with Gasteiger partial charge in [-0.1, -0.05) is 0 Å².